The first-order valence-electron chi connectivity index (χ1n) is 6.52. The minimum Gasteiger partial charge on any atom is -0.351 e. The van der Waals surface area contributed by atoms with E-state index in [0.29, 0.717) is 12.1 Å². The van der Waals surface area contributed by atoms with Crippen molar-refractivity contribution in [3.05, 3.63) is 29.8 Å². The Bertz CT molecular complexity index is 482. The molecule has 110 valence electrons. The number of anilines is 1. The van der Waals surface area contributed by atoms with Crippen molar-refractivity contribution in [1.82, 2.24) is 5.32 Å². The minimum atomic E-state index is -0.873. The average Bonchev–Trinajstić information content (AvgIpc) is 2.38. The van der Waals surface area contributed by atoms with Crippen LogP contribution in [0.2, 0.25) is 0 Å². The molecular weight excluding hydrogens is 256 g/mol. The number of hydrogen-bond donors (Lipinski definition) is 4. The maximum Gasteiger partial charge on any atom is 0.316 e. The Balaban J connectivity index is 2.71. The first-order valence-corrected chi connectivity index (χ1v) is 6.52. The Morgan fingerprint density at radius 1 is 1.30 bits per heavy atom. The van der Waals surface area contributed by atoms with Crippen LogP contribution in [0.25, 0.3) is 0 Å². The van der Waals surface area contributed by atoms with Gasteiger partial charge >= 0.3 is 6.03 Å². The zero-order valence-electron chi connectivity index (χ0n) is 12.1. The van der Waals surface area contributed by atoms with E-state index in [0.717, 1.165) is 5.56 Å². The molecule has 6 N–H and O–H groups in total. The standard InChI is InChI=1S/C14H22N4O2/c1-4-14(3,16)12(19)17-9(2)10-5-7-11(8-6-10)18-13(15)20/h5-9H,4,16H2,1-3H3,(H,17,19)(H3,15,18,20). The van der Waals surface area contributed by atoms with Crippen LogP contribution >= 0.6 is 0 Å². The molecule has 1 aromatic rings. The molecule has 0 aromatic heterocycles. The van der Waals surface area contributed by atoms with Crippen LogP contribution < -0.4 is 22.1 Å². The van der Waals surface area contributed by atoms with Gasteiger partial charge in [0.2, 0.25) is 5.91 Å². The summed E-state index contributed by atoms with van der Waals surface area (Å²) < 4.78 is 0. The molecule has 0 saturated carbocycles. The predicted octanol–water partition coefficient (Wildman–Crippen LogP) is 1.48. The summed E-state index contributed by atoms with van der Waals surface area (Å²) in [6, 6.07) is 6.31. The van der Waals surface area contributed by atoms with Crippen LogP contribution in [0.3, 0.4) is 0 Å². The third kappa shape index (κ3) is 4.24. The van der Waals surface area contributed by atoms with Gasteiger partial charge < -0.3 is 22.1 Å². The fraction of sp³-hybridized carbons (Fsp3) is 0.429. The summed E-state index contributed by atoms with van der Waals surface area (Å²) in [5, 5.41) is 5.35. The molecule has 6 heteroatoms. The van der Waals surface area contributed by atoms with Crippen molar-refractivity contribution < 1.29 is 9.59 Å². The predicted molar refractivity (Wildman–Crippen MR) is 79.1 cm³/mol. The van der Waals surface area contributed by atoms with Crippen molar-refractivity contribution in [2.75, 3.05) is 5.32 Å². The summed E-state index contributed by atoms with van der Waals surface area (Å²) in [5.74, 6) is -0.188. The fourth-order valence-electron chi connectivity index (χ4n) is 1.60. The lowest BCUT2D eigenvalue weighted by atomic mass is 9.98. The number of benzene rings is 1. The highest BCUT2D eigenvalue weighted by molar-refractivity contribution is 5.88. The first kappa shape index (κ1) is 16.0. The maximum absolute atomic E-state index is 12.0. The number of hydrogen-bond acceptors (Lipinski definition) is 3. The number of rotatable bonds is 5. The van der Waals surface area contributed by atoms with Crippen molar-refractivity contribution in [1.29, 1.82) is 0 Å². The number of nitrogens with two attached hydrogens (primary N) is 2. The van der Waals surface area contributed by atoms with Crippen molar-refractivity contribution in [2.45, 2.75) is 38.8 Å². The second kappa shape index (κ2) is 6.38. The Morgan fingerprint density at radius 2 is 1.85 bits per heavy atom. The van der Waals surface area contributed by atoms with E-state index < -0.39 is 11.6 Å². The van der Waals surface area contributed by atoms with Gasteiger partial charge in [-0.2, -0.15) is 0 Å². The summed E-state index contributed by atoms with van der Waals surface area (Å²) in [5.41, 5.74) is 11.6. The lowest BCUT2D eigenvalue weighted by Gasteiger charge is -2.24. The third-order valence-electron chi connectivity index (χ3n) is 3.28. The van der Waals surface area contributed by atoms with Gasteiger partial charge in [-0.3, -0.25) is 4.79 Å². The largest absolute Gasteiger partial charge is 0.351 e. The highest BCUT2D eigenvalue weighted by Crippen LogP contribution is 2.17. The SMILES string of the molecule is CCC(C)(N)C(=O)NC(C)c1ccc(NC(N)=O)cc1. The number of urea groups is 1. The Hall–Kier alpha value is -2.08. The topological polar surface area (TPSA) is 110 Å². The monoisotopic (exact) mass is 278 g/mol. The molecule has 6 nitrogen and oxygen atoms in total. The molecule has 1 rings (SSSR count). The molecule has 0 aliphatic rings. The number of carbonyl (C=O) groups excluding carboxylic acids is 2. The minimum absolute atomic E-state index is 0.167. The van der Waals surface area contributed by atoms with Gasteiger partial charge in [-0.1, -0.05) is 19.1 Å². The van der Waals surface area contributed by atoms with Crippen LogP contribution in [0.5, 0.6) is 0 Å². The molecule has 0 bridgehead atoms. The van der Waals surface area contributed by atoms with Crippen molar-refractivity contribution in [2.24, 2.45) is 11.5 Å². The van der Waals surface area contributed by atoms with Gasteiger partial charge in [0, 0.05) is 5.69 Å². The van der Waals surface area contributed by atoms with E-state index >= 15 is 0 Å². The van der Waals surface area contributed by atoms with Crippen LogP contribution in [0.15, 0.2) is 24.3 Å². The molecule has 2 atom stereocenters. The zero-order valence-corrected chi connectivity index (χ0v) is 12.1. The lowest BCUT2D eigenvalue weighted by Crippen LogP contribution is -2.51. The Labute approximate surface area is 118 Å². The van der Waals surface area contributed by atoms with Crippen LogP contribution in [0.4, 0.5) is 10.5 Å². The summed E-state index contributed by atoms with van der Waals surface area (Å²) in [6.07, 6.45) is 0.563. The van der Waals surface area contributed by atoms with Gasteiger partial charge in [0.15, 0.2) is 0 Å². The van der Waals surface area contributed by atoms with Gasteiger partial charge in [-0.15, -0.1) is 0 Å². The van der Waals surface area contributed by atoms with E-state index in [2.05, 4.69) is 10.6 Å². The number of amides is 3. The summed E-state index contributed by atoms with van der Waals surface area (Å²) in [4.78, 5) is 22.7. The molecule has 1 aromatic carbocycles. The zero-order chi connectivity index (χ0) is 15.3. The van der Waals surface area contributed by atoms with Gasteiger partial charge in [0.05, 0.1) is 11.6 Å². The van der Waals surface area contributed by atoms with Crippen LogP contribution in [0, 0.1) is 0 Å². The van der Waals surface area contributed by atoms with Gasteiger partial charge in [0.1, 0.15) is 0 Å². The molecule has 0 saturated heterocycles. The molecule has 0 fully saturated rings. The molecule has 0 spiro atoms. The Kier molecular flexibility index (Phi) is 5.10. The highest BCUT2D eigenvalue weighted by atomic mass is 16.2. The highest BCUT2D eigenvalue weighted by Gasteiger charge is 2.27. The van der Waals surface area contributed by atoms with E-state index in [1.807, 2.05) is 26.0 Å². The van der Waals surface area contributed by atoms with Gasteiger partial charge in [-0.05, 0) is 38.0 Å². The van der Waals surface area contributed by atoms with Crippen LogP contribution in [0.1, 0.15) is 38.8 Å². The summed E-state index contributed by atoms with van der Waals surface area (Å²) in [7, 11) is 0. The molecule has 3 amide bonds. The molecular formula is C14H22N4O2. The maximum atomic E-state index is 12.0. The van der Waals surface area contributed by atoms with E-state index in [4.69, 9.17) is 11.5 Å². The quantitative estimate of drug-likeness (QED) is 0.654. The van der Waals surface area contributed by atoms with E-state index in [-0.39, 0.29) is 11.9 Å². The van der Waals surface area contributed by atoms with Crippen molar-refractivity contribution >= 4 is 17.6 Å². The third-order valence-corrected chi connectivity index (χ3v) is 3.28. The molecule has 0 aliphatic carbocycles. The van der Waals surface area contributed by atoms with Crippen LogP contribution in [-0.2, 0) is 4.79 Å². The average molecular weight is 278 g/mol. The van der Waals surface area contributed by atoms with Crippen molar-refractivity contribution in [3.8, 4) is 0 Å². The molecule has 0 radical (unpaired) electrons. The molecule has 20 heavy (non-hydrogen) atoms. The number of nitrogens with one attached hydrogen (secondary N) is 2. The molecule has 0 aliphatic heterocycles. The van der Waals surface area contributed by atoms with Crippen LogP contribution in [-0.4, -0.2) is 17.5 Å². The number of carbonyl (C=O) groups is 2. The second-order valence-electron chi connectivity index (χ2n) is 5.08. The summed E-state index contributed by atoms with van der Waals surface area (Å²) in [6.45, 7) is 5.45. The number of primary amides is 1. The lowest BCUT2D eigenvalue weighted by molar-refractivity contribution is -0.126. The van der Waals surface area contributed by atoms with E-state index in [1.54, 1.807) is 19.1 Å². The van der Waals surface area contributed by atoms with Gasteiger partial charge in [0.25, 0.3) is 0 Å². The Morgan fingerprint density at radius 3 is 2.30 bits per heavy atom. The van der Waals surface area contributed by atoms with E-state index in [1.165, 1.54) is 0 Å². The van der Waals surface area contributed by atoms with E-state index in [9.17, 15) is 9.59 Å². The van der Waals surface area contributed by atoms with Crippen molar-refractivity contribution in [3.63, 3.8) is 0 Å². The van der Waals surface area contributed by atoms with Gasteiger partial charge in [-0.25, -0.2) is 4.79 Å². The molecule has 0 heterocycles. The fourth-order valence-corrected chi connectivity index (χ4v) is 1.60. The smallest absolute Gasteiger partial charge is 0.316 e. The normalized spacial score (nSPS) is 15.0. The first-order chi connectivity index (χ1) is 9.26. The summed E-state index contributed by atoms with van der Waals surface area (Å²) >= 11 is 0. The molecule has 2 unspecified atom stereocenters. The second-order valence-corrected chi connectivity index (χ2v) is 5.08.